The molecule has 0 spiro atoms. The fourth-order valence-corrected chi connectivity index (χ4v) is 4.61. The van der Waals surface area contributed by atoms with Crippen LogP contribution in [0.2, 0.25) is 0 Å². The van der Waals surface area contributed by atoms with Crippen molar-refractivity contribution in [3.05, 3.63) is 45.6 Å². The lowest BCUT2D eigenvalue weighted by Gasteiger charge is -2.18. The molecule has 1 unspecified atom stereocenters. The SMILES string of the molecule is Cc1ccccc1C1CCN(CCNC(=O)c2scc3c2OCCO3)C1. The monoisotopic (exact) mass is 372 g/mol. The molecule has 3 heterocycles. The highest BCUT2D eigenvalue weighted by atomic mass is 32.1. The highest BCUT2D eigenvalue weighted by Gasteiger charge is 2.26. The first kappa shape index (κ1) is 17.4. The lowest BCUT2D eigenvalue weighted by Crippen LogP contribution is -2.33. The van der Waals surface area contributed by atoms with Gasteiger partial charge in [0.15, 0.2) is 11.5 Å². The predicted molar refractivity (Wildman–Crippen MR) is 103 cm³/mol. The standard InChI is InChI=1S/C20H24N2O3S/c1-14-4-2-3-5-16(14)15-6-8-22(12-15)9-7-21-20(23)19-18-17(13-26-19)24-10-11-25-18/h2-5,13,15H,6-12H2,1H3,(H,21,23). The quantitative estimate of drug-likeness (QED) is 0.876. The van der Waals surface area contributed by atoms with Gasteiger partial charge in [0.2, 0.25) is 0 Å². The molecule has 1 N–H and O–H groups in total. The van der Waals surface area contributed by atoms with E-state index in [1.807, 2.05) is 5.38 Å². The highest BCUT2D eigenvalue weighted by molar-refractivity contribution is 7.12. The number of nitrogens with one attached hydrogen (secondary N) is 1. The van der Waals surface area contributed by atoms with Gasteiger partial charge in [-0.15, -0.1) is 11.3 Å². The Morgan fingerprint density at radius 3 is 3.04 bits per heavy atom. The van der Waals surface area contributed by atoms with Crippen molar-refractivity contribution >= 4 is 17.2 Å². The Hall–Kier alpha value is -2.05. The minimum absolute atomic E-state index is 0.0728. The Morgan fingerprint density at radius 2 is 2.15 bits per heavy atom. The molecule has 1 amide bonds. The second kappa shape index (κ2) is 7.68. The number of carbonyl (C=O) groups excluding carboxylic acids is 1. The van der Waals surface area contributed by atoms with Gasteiger partial charge in [-0.2, -0.15) is 0 Å². The number of hydrogen-bond donors (Lipinski definition) is 1. The molecule has 1 aromatic heterocycles. The first-order valence-corrected chi connectivity index (χ1v) is 10.0. The van der Waals surface area contributed by atoms with Gasteiger partial charge >= 0.3 is 0 Å². The van der Waals surface area contributed by atoms with Crippen LogP contribution in [0.25, 0.3) is 0 Å². The second-order valence-electron chi connectivity index (χ2n) is 6.85. The van der Waals surface area contributed by atoms with Gasteiger partial charge in [0.25, 0.3) is 5.91 Å². The Bertz CT molecular complexity index is 789. The molecule has 0 aliphatic carbocycles. The molecule has 4 rings (SSSR count). The molecule has 0 radical (unpaired) electrons. The molecule has 6 heteroatoms. The maximum atomic E-state index is 12.4. The number of benzene rings is 1. The van der Waals surface area contributed by atoms with Crippen molar-refractivity contribution in [3.8, 4) is 11.5 Å². The molecule has 1 fully saturated rings. The van der Waals surface area contributed by atoms with E-state index in [2.05, 4.69) is 41.4 Å². The summed E-state index contributed by atoms with van der Waals surface area (Å²) in [7, 11) is 0. The van der Waals surface area contributed by atoms with E-state index < -0.39 is 0 Å². The van der Waals surface area contributed by atoms with Crippen molar-refractivity contribution < 1.29 is 14.3 Å². The number of nitrogens with zero attached hydrogens (tertiary/aromatic N) is 1. The van der Waals surface area contributed by atoms with E-state index in [1.54, 1.807) is 0 Å². The zero-order valence-corrected chi connectivity index (χ0v) is 15.8. The molecular weight excluding hydrogens is 348 g/mol. The molecule has 1 atom stereocenters. The maximum absolute atomic E-state index is 12.4. The summed E-state index contributed by atoms with van der Waals surface area (Å²) >= 11 is 1.38. The number of ether oxygens (including phenoxy) is 2. The van der Waals surface area contributed by atoms with Gasteiger partial charge in [0, 0.05) is 25.0 Å². The summed E-state index contributed by atoms with van der Waals surface area (Å²) in [5.74, 6) is 1.81. The first-order chi connectivity index (χ1) is 12.7. The third-order valence-corrected chi connectivity index (χ3v) is 6.06. The van der Waals surface area contributed by atoms with Crippen molar-refractivity contribution in [2.75, 3.05) is 39.4 Å². The molecule has 138 valence electrons. The molecular formula is C20H24N2O3S. The first-order valence-electron chi connectivity index (χ1n) is 9.15. The number of aryl methyl sites for hydroxylation is 1. The van der Waals surface area contributed by atoms with Crippen molar-refractivity contribution in [1.29, 1.82) is 0 Å². The summed E-state index contributed by atoms with van der Waals surface area (Å²) in [6, 6.07) is 8.65. The van der Waals surface area contributed by atoms with Crippen LogP contribution < -0.4 is 14.8 Å². The fraction of sp³-hybridized carbons (Fsp3) is 0.450. The van der Waals surface area contributed by atoms with Gasteiger partial charge in [-0.05, 0) is 36.9 Å². The lowest BCUT2D eigenvalue weighted by molar-refractivity contribution is 0.0944. The summed E-state index contributed by atoms with van der Waals surface area (Å²) in [5, 5.41) is 4.87. The average molecular weight is 372 g/mol. The number of amides is 1. The molecule has 2 aliphatic heterocycles. The van der Waals surface area contributed by atoms with E-state index in [0.29, 0.717) is 42.1 Å². The number of rotatable bonds is 5. The fourth-order valence-electron chi connectivity index (χ4n) is 3.76. The van der Waals surface area contributed by atoms with Gasteiger partial charge in [0.05, 0.1) is 0 Å². The van der Waals surface area contributed by atoms with Crippen LogP contribution in [0.1, 0.15) is 33.1 Å². The van der Waals surface area contributed by atoms with Crippen LogP contribution in [-0.4, -0.2) is 50.2 Å². The van der Waals surface area contributed by atoms with Crippen LogP contribution >= 0.6 is 11.3 Å². The molecule has 5 nitrogen and oxygen atoms in total. The summed E-state index contributed by atoms with van der Waals surface area (Å²) in [6.45, 7) is 6.89. The van der Waals surface area contributed by atoms with Crippen molar-refractivity contribution in [2.24, 2.45) is 0 Å². The van der Waals surface area contributed by atoms with Crippen molar-refractivity contribution in [3.63, 3.8) is 0 Å². The third-order valence-electron chi connectivity index (χ3n) is 5.12. The zero-order valence-electron chi connectivity index (χ0n) is 15.0. The molecule has 1 aromatic carbocycles. The smallest absolute Gasteiger partial charge is 0.265 e. The second-order valence-corrected chi connectivity index (χ2v) is 7.73. The van der Waals surface area contributed by atoms with E-state index in [9.17, 15) is 4.79 Å². The van der Waals surface area contributed by atoms with Crippen LogP contribution in [0.4, 0.5) is 0 Å². The highest BCUT2D eigenvalue weighted by Crippen LogP contribution is 2.39. The molecule has 0 bridgehead atoms. The minimum atomic E-state index is -0.0728. The largest absolute Gasteiger partial charge is 0.485 e. The summed E-state index contributed by atoms with van der Waals surface area (Å²) in [6.07, 6.45) is 1.18. The summed E-state index contributed by atoms with van der Waals surface area (Å²) < 4.78 is 11.1. The summed E-state index contributed by atoms with van der Waals surface area (Å²) in [5.41, 5.74) is 2.83. The predicted octanol–water partition coefficient (Wildman–Crippen LogP) is 3.05. The van der Waals surface area contributed by atoms with E-state index in [0.717, 1.165) is 19.6 Å². The Morgan fingerprint density at radius 1 is 1.31 bits per heavy atom. The van der Waals surface area contributed by atoms with E-state index in [4.69, 9.17) is 9.47 Å². The average Bonchev–Trinajstić information content (AvgIpc) is 3.29. The molecule has 1 saturated heterocycles. The number of carbonyl (C=O) groups is 1. The number of fused-ring (bicyclic) bond motifs is 1. The number of thiophene rings is 1. The Labute approximate surface area is 157 Å². The van der Waals surface area contributed by atoms with E-state index in [1.165, 1.54) is 28.9 Å². The molecule has 0 saturated carbocycles. The molecule has 26 heavy (non-hydrogen) atoms. The van der Waals surface area contributed by atoms with E-state index in [-0.39, 0.29) is 5.91 Å². The molecule has 2 aromatic rings. The molecule has 2 aliphatic rings. The summed E-state index contributed by atoms with van der Waals surface area (Å²) in [4.78, 5) is 15.5. The van der Waals surface area contributed by atoms with Crippen molar-refractivity contribution in [2.45, 2.75) is 19.3 Å². The normalized spacial score (nSPS) is 19.5. The van der Waals surface area contributed by atoms with Crippen LogP contribution in [0.3, 0.4) is 0 Å². The third kappa shape index (κ3) is 3.57. The van der Waals surface area contributed by atoms with E-state index >= 15 is 0 Å². The maximum Gasteiger partial charge on any atom is 0.265 e. The number of likely N-dealkylation sites (tertiary alicyclic amines) is 1. The zero-order chi connectivity index (χ0) is 17.9. The van der Waals surface area contributed by atoms with Crippen LogP contribution in [0.5, 0.6) is 11.5 Å². The Kier molecular flexibility index (Phi) is 5.13. The number of hydrogen-bond acceptors (Lipinski definition) is 5. The van der Waals surface area contributed by atoms with Gasteiger partial charge in [0.1, 0.15) is 18.1 Å². The topological polar surface area (TPSA) is 50.8 Å². The van der Waals surface area contributed by atoms with Crippen molar-refractivity contribution in [1.82, 2.24) is 10.2 Å². The van der Waals surface area contributed by atoms with Gasteiger partial charge < -0.3 is 19.7 Å². The Balaban J connectivity index is 1.27. The van der Waals surface area contributed by atoms with Crippen LogP contribution in [-0.2, 0) is 0 Å². The van der Waals surface area contributed by atoms with Crippen LogP contribution in [0.15, 0.2) is 29.6 Å². The van der Waals surface area contributed by atoms with Gasteiger partial charge in [-0.1, -0.05) is 24.3 Å². The van der Waals surface area contributed by atoms with Crippen LogP contribution in [0, 0.1) is 6.92 Å². The van der Waals surface area contributed by atoms with Gasteiger partial charge in [-0.3, -0.25) is 4.79 Å². The lowest BCUT2D eigenvalue weighted by atomic mass is 9.94. The van der Waals surface area contributed by atoms with Gasteiger partial charge in [-0.25, -0.2) is 0 Å². The minimum Gasteiger partial charge on any atom is -0.485 e.